The fraction of sp³-hybridized carbons (Fsp3) is 0.417. The van der Waals surface area contributed by atoms with Gasteiger partial charge in [0.1, 0.15) is 12.1 Å². The summed E-state index contributed by atoms with van der Waals surface area (Å²) in [5, 5.41) is 3.22. The average Bonchev–Trinajstić information content (AvgIpc) is 2.82. The van der Waals surface area contributed by atoms with Gasteiger partial charge in [0.15, 0.2) is 0 Å². The van der Waals surface area contributed by atoms with Crippen molar-refractivity contribution in [1.29, 1.82) is 0 Å². The summed E-state index contributed by atoms with van der Waals surface area (Å²) in [5.74, 6) is 1.35. The van der Waals surface area contributed by atoms with Crippen molar-refractivity contribution in [3.8, 4) is 5.88 Å². The van der Waals surface area contributed by atoms with E-state index in [0.29, 0.717) is 5.88 Å². The number of hydrogen-bond acceptors (Lipinski definition) is 5. The molecule has 0 saturated carbocycles. The van der Waals surface area contributed by atoms with Gasteiger partial charge in [-0.2, -0.15) is 0 Å². The summed E-state index contributed by atoms with van der Waals surface area (Å²) in [5.41, 5.74) is 0. The molecule has 0 aliphatic carbocycles. The standard InChI is InChI=1S/C12H17N5O/c1-10(2)18-12-7-11(15-8-16-12)14-4-6-17-5-3-13-9-17/h3,5,7-10H,4,6H2,1-2H3,(H,14,15,16). The monoisotopic (exact) mass is 247 g/mol. The highest BCUT2D eigenvalue weighted by Crippen LogP contribution is 2.12. The fourth-order valence-corrected chi connectivity index (χ4v) is 1.47. The molecule has 1 N–H and O–H groups in total. The van der Waals surface area contributed by atoms with E-state index >= 15 is 0 Å². The van der Waals surface area contributed by atoms with E-state index < -0.39 is 0 Å². The molecule has 6 heteroatoms. The van der Waals surface area contributed by atoms with Gasteiger partial charge in [0.25, 0.3) is 0 Å². The number of hydrogen-bond donors (Lipinski definition) is 1. The third-order valence-corrected chi connectivity index (χ3v) is 2.23. The molecular weight excluding hydrogens is 230 g/mol. The second-order valence-electron chi connectivity index (χ2n) is 4.14. The van der Waals surface area contributed by atoms with Gasteiger partial charge in [-0.3, -0.25) is 0 Å². The van der Waals surface area contributed by atoms with Gasteiger partial charge in [-0.25, -0.2) is 15.0 Å². The molecular formula is C12H17N5O. The Balaban J connectivity index is 1.85. The van der Waals surface area contributed by atoms with Crippen molar-refractivity contribution in [2.75, 3.05) is 11.9 Å². The van der Waals surface area contributed by atoms with Crippen LogP contribution in [0.25, 0.3) is 0 Å². The van der Waals surface area contributed by atoms with Crippen LogP contribution in [0.4, 0.5) is 5.82 Å². The molecule has 2 aromatic rings. The second-order valence-corrected chi connectivity index (χ2v) is 4.14. The Hall–Kier alpha value is -2.11. The highest BCUT2D eigenvalue weighted by Gasteiger charge is 2.01. The Morgan fingerprint density at radius 1 is 1.39 bits per heavy atom. The lowest BCUT2D eigenvalue weighted by Gasteiger charge is -2.10. The van der Waals surface area contributed by atoms with Crippen molar-refractivity contribution >= 4 is 5.82 Å². The molecule has 0 radical (unpaired) electrons. The first-order chi connectivity index (χ1) is 8.74. The average molecular weight is 247 g/mol. The molecule has 2 heterocycles. The van der Waals surface area contributed by atoms with Gasteiger partial charge in [-0.05, 0) is 13.8 Å². The van der Waals surface area contributed by atoms with Crippen LogP contribution in [0.2, 0.25) is 0 Å². The molecule has 0 fully saturated rings. The van der Waals surface area contributed by atoms with E-state index in [1.165, 1.54) is 6.33 Å². The summed E-state index contributed by atoms with van der Waals surface area (Å²) < 4.78 is 7.50. The first-order valence-electron chi connectivity index (χ1n) is 5.92. The molecule has 0 saturated heterocycles. The van der Waals surface area contributed by atoms with Crippen LogP contribution >= 0.6 is 0 Å². The predicted molar refractivity (Wildman–Crippen MR) is 68.5 cm³/mol. The molecule has 0 atom stereocenters. The smallest absolute Gasteiger partial charge is 0.218 e. The highest BCUT2D eigenvalue weighted by atomic mass is 16.5. The normalized spacial score (nSPS) is 10.6. The summed E-state index contributed by atoms with van der Waals surface area (Å²) in [6.45, 7) is 5.54. The van der Waals surface area contributed by atoms with E-state index in [1.807, 2.05) is 24.6 Å². The van der Waals surface area contributed by atoms with Crippen LogP contribution in [-0.4, -0.2) is 32.2 Å². The van der Waals surface area contributed by atoms with Crippen LogP contribution in [0.1, 0.15) is 13.8 Å². The maximum atomic E-state index is 5.50. The number of anilines is 1. The Labute approximate surface area is 106 Å². The van der Waals surface area contributed by atoms with Crippen molar-refractivity contribution < 1.29 is 4.74 Å². The first kappa shape index (κ1) is 12.3. The zero-order valence-corrected chi connectivity index (χ0v) is 10.6. The number of nitrogens with one attached hydrogen (secondary N) is 1. The zero-order chi connectivity index (χ0) is 12.8. The first-order valence-corrected chi connectivity index (χ1v) is 5.92. The minimum atomic E-state index is 0.110. The molecule has 6 nitrogen and oxygen atoms in total. The lowest BCUT2D eigenvalue weighted by Crippen LogP contribution is -2.11. The summed E-state index contributed by atoms with van der Waals surface area (Å²) in [6, 6.07) is 1.80. The Morgan fingerprint density at radius 2 is 2.28 bits per heavy atom. The predicted octanol–water partition coefficient (Wildman–Crippen LogP) is 1.57. The van der Waals surface area contributed by atoms with Gasteiger partial charge < -0.3 is 14.6 Å². The van der Waals surface area contributed by atoms with Gasteiger partial charge in [-0.15, -0.1) is 0 Å². The van der Waals surface area contributed by atoms with Gasteiger partial charge >= 0.3 is 0 Å². The maximum absolute atomic E-state index is 5.50. The van der Waals surface area contributed by atoms with Crippen molar-refractivity contribution in [1.82, 2.24) is 19.5 Å². The molecule has 0 bridgehead atoms. The molecule has 0 amide bonds. The quantitative estimate of drug-likeness (QED) is 0.839. The van der Waals surface area contributed by atoms with E-state index in [-0.39, 0.29) is 6.10 Å². The van der Waals surface area contributed by atoms with Crippen molar-refractivity contribution in [2.24, 2.45) is 0 Å². The van der Waals surface area contributed by atoms with Crippen LogP contribution in [0.3, 0.4) is 0 Å². The van der Waals surface area contributed by atoms with E-state index in [0.717, 1.165) is 18.9 Å². The summed E-state index contributed by atoms with van der Waals surface area (Å²) in [6.07, 6.45) is 7.08. The fourth-order valence-electron chi connectivity index (χ4n) is 1.47. The van der Waals surface area contributed by atoms with E-state index in [2.05, 4.69) is 20.3 Å². The summed E-state index contributed by atoms with van der Waals surface area (Å²) in [7, 11) is 0. The largest absolute Gasteiger partial charge is 0.475 e. The van der Waals surface area contributed by atoms with Gasteiger partial charge in [0.05, 0.1) is 12.4 Å². The Bertz CT molecular complexity index is 469. The Kier molecular flexibility index (Phi) is 4.11. The topological polar surface area (TPSA) is 64.9 Å². The van der Waals surface area contributed by atoms with Crippen LogP contribution in [0.15, 0.2) is 31.1 Å². The zero-order valence-electron chi connectivity index (χ0n) is 10.6. The van der Waals surface area contributed by atoms with Crippen molar-refractivity contribution in [3.63, 3.8) is 0 Å². The summed E-state index contributed by atoms with van der Waals surface area (Å²) in [4.78, 5) is 12.2. The third kappa shape index (κ3) is 3.73. The Morgan fingerprint density at radius 3 is 3.00 bits per heavy atom. The van der Waals surface area contributed by atoms with Gasteiger partial charge in [-0.1, -0.05) is 0 Å². The second kappa shape index (κ2) is 6.00. The number of imidazole rings is 1. The minimum absolute atomic E-state index is 0.110. The van der Waals surface area contributed by atoms with Gasteiger partial charge in [0.2, 0.25) is 5.88 Å². The van der Waals surface area contributed by atoms with Gasteiger partial charge in [0, 0.05) is 31.5 Å². The van der Waals surface area contributed by atoms with Crippen molar-refractivity contribution in [3.05, 3.63) is 31.1 Å². The third-order valence-electron chi connectivity index (χ3n) is 2.23. The van der Waals surface area contributed by atoms with Crippen LogP contribution in [0.5, 0.6) is 5.88 Å². The van der Waals surface area contributed by atoms with Crippen LogP contribution in [-0.2, 0) is 6.54 Å². The van der Waals surface area contributed by atoms with E-state index in [4.69, 9.17) is 4.74 Å². The van der Waals surface area contributed by atoms with Crippen molar-refractivity contribution in [2.45, 2.75) is 26.5 Å². The highest BCUT2D eigenvalue weighted by molar-refractivity contribution is 5.36. The maximum Gasteiger partial charge on any atom is 0.218 e. The lowest BCUT2D eigenvalue weighted by atomic mass is 10.4. The molecule has 0 aromatic carbocycles. The lowest BCUT2D eigenvalue weighted by molar-refractivity contribution is 0.232. The molecule has 0 unspecified atom stereocenters. The van der Waals surface area contributed by atoms with E-state index in [1.54, 1.807) is 18.6 Å². The molecule has 2 rings (SSSR count). The number of aromatic nitrogens is 4. The molecule has 0 aliphatic rings. The molecule has 2 aromatic heterocycles. The van der Waals surface area contributed by atoms with Crippen LogP contribution < -0.4 is 10.1 Å². The SMILES string of the molecule is CC(C)Oc1cc(NCCn2ccnc2)ncn1. The number of ether oxygens (including phenoxy) is 1. The van der Waals surface area contributed by atoms with E-state index in [9.17, 15) is 0 Å². The molecule has 96 valence electrons. The minimum Gasteiger partial charge on any atom is -0.475 e. The molecule has 0 spiro atoms. The molecule has 18 heavy (non-hydrogen) atoms. The molecule has 0 aliphatic heterocycles. The summed E-state index contributed by atoms with van der Waals surface area (Å²) >= 11 is 0. The number of nitrogens with zero attached hydrogens (tertiary/aromatic N) is 4. The van der Waals surface area contributed by atoms with Crippen LogP contribution in [0, 0.1) is 0 Å². The number of rotatable bonds is 6.